The van der Waals surface area contributed by atoms with E-state index in [0.29, 0.717) is 5.82 Å². The molecule has 2 aromatic rings. The first-order valence-corrected chi connectivity index (χ1v) is 5.34. The molecular weight excluding hydrogens is 254 g/mol. The van der Waals surface area contributed by atoms with Gasteiger partial charge in [0.2, 0.25) is 0 Å². The van der Waals surface area contributed by atoms with E-state index in [-0.39, 0.29) is 6.04 Å². The lowest BCUT2D eigenvalue weighted by molar-refractivity contribution is 0.780. The van der Waals surface area contributed by atoms with Gasteiger partial charge in [0.1, 0.15) is 5.82 Å². The molecule has 1 unspecified atom stereocenters. The maximum absolute atomic E-state index is 6.04. The molecule has 0 spiro atoms. The van der Waals surface area contributed by atoms with E-state index < -0.39 is 0 Å². The van der Waals surface area contributed by atoms with Crippen LogP contribution in [0.2, 0.25) is 0 Å². The van der Waals surface area contributed by atoms with Crippen molar-refractivity contribution in [2.75, 3.05) is 0 Å². The summed E-state index contributed by atoms with van der Waals surface area (Å²) in [6, 6.07) is 9.34. The van der Waals surface area contributed by atoms with Crippen LogP contribution in [0.1, 0.15) is 17.4 Å². The molecule has 0 radical (unpaired) electrons. The molecule has 15 heavy (non-hydrogen) atoms. The van der Waals surface area contributed by atoms with Gasteiger partial charge >= 0.3 is 0 Å². The Balaban J connectivity index is 2.32. The van der Waals surface area contributed by atoms with Crippen LogP contribution in [0.4, 0.5) is 0 Å². The molecule has 1 aromatic heterocycles. The average Bonchev–Trinajstić information content (AvgIpc) is 2.29. The standard InChI is InChI=1S/C11H10BrN3/c12-9-4-1-3-8(7-9)10(13)11-14-5-2-6-15-11/h1-7,10H,13H2. The molecule has 1 atom stereocenters. The van der Waals surface area contributed by atoms with Crippen molar-refractivity contribution in [1.82, 2.24) is 9.97 Å². The zero-order valence-electron chi connectivity index (χ0n) is 7.97. The highest BCUT2D eigenvalue weighted by atomic mass is 79.9. The molecule has 0 saturated heterocycles. The number of rotatable bonds is 2. The predicted molar refractivity (Wildman–Crippen MR) is 62.2 cm³/mol. The zero-order valence-corrected chi connectivity index (χ0v) is 9.55. The van der Waals surface area contributed by atoms with E-state index in [1.807, 2.05) is 24.3 Å². The van der Waals surface area contributed by atoms with E-state index in [2.05, 4.69) is 25.9 Å². The third-order valence-electron chi connectivity index (χ3n) is 2.07. The van der Waals surface area contributed by atoms with Gasteiger partial charge in [-0.15, -0.1) is 0 Å². The molecule has 0 aliphatic carbocycles. The lowest BCUT2D eigenvalue weighted by Crippen LogP contribution is -2.14. The normalized spacial score (nSPS) is 12.4. The van der Waals surface area contributed by atoms with E-state index in [4.69, 9.17) is 5.73 Å². The summed E-state index contributed by atoms with van der Waals surface area (Å²) in [6.07, 6.45) is 3.39. The maximum atomic E-state index is 6.04. The fraction of sp³-hybridized carbons (Fsp3) is 0.0909. The van der Waals surface area contributed by atoms with E-state index in [0.717, 1.165) is 10.0 Å². The van der Waals surface area contributed by atoms with E-state index in [1.165, 1.54) is 0 Å². The summed E-state index contributed by atoms with van der Waals surface area (Å²) >= 11 is 3.41. The SMILES string of the molecule is NC(c1cccc(Br)c1)c1ncccn1. The van der Waals surface area contributed by atoms with Crippen LogP contribution in [0.5, 0.6) is 0 Å². The topological polar surface area (TPSA) is 51.8 Å². The van der Waals surface area contributed by atoms with Gasteiger partial charge in [-0.05, 0) is 23.8 Å². The Morgan fingerprint density at radius 2 is 1.87 bits per heavy atom. The van der Waals surface area contributed by atoms with Crippen LogP contribution in [-0.4, -0.2) is 9.97 Å². The molecule has 3 nitrogen and oxygen atoms in total. The van der Waals surface area contributed by atoms with Crippen LogP contribution in [-0.2, 0) is 0 Å². The van der Waals surface area contributed by atoms with E-state index >= 15 is 0 Å². The number of halogens is 1. The molecule has 0 fully saturated rings. The van der Waals surface area contributed by atoms with Crippen molar-refractivity contribution in [1.29, 1.82) is 0 Å². The minimum atomic E-state index is -0.274. The number of hydrogen-bond acceptors (Lipinski definition) is 3. The maximum Gasteiger partial charge on any atom is 0.149 e. The Kier molecular flexibility index (Phi) is 3.08. The molecule has 4 heteroatoms. The molecule has 2 rings (SSSR count). The third kappa shape index (κ3) is 2.40. The Bertz CT molecular complexity index is 445. The summed E-state index contributed by atoms with van der Waals surface area (Å²) in [6.45, 7) is 0. The summed E-state index contributed by atoms with van der Waals surface area (Å²) in [5, 5.41) is 0. The monoisotopic (exact) mass is 263 g/mol. The van der Waals surface area contributed by atoms with Crippen molar-refractivity contribution in [3.8, 4) is 0 Å². The lowest BCUT2D eigenvalue weighted by atomic mass is 10.1. The second-order valence-electron chi connectivity index (χ2n) is 3.14. The third-order valence-corrected chi connectivity index (χ3v) is 2.56. The quantitative estimate of drug-likeness (QED) is 0.905. The van der Waals surface area contributed by atoms with Crippen LogP contribution >= 0.6 is 15.9 Å². The highest BCUT2D eigenvalue weighted by molar-refractivity contribution is 9.10. The van der Waals surface area contributed by atoms with Crippen molar-refractivity contribution in [2.45, 2.75) is 6.04 Å². The van der Waals surface area contributed by atoms with Gasteiger partial charge in [-0.25, -0.2) is 9.97 Å². The predicted octanol–water partition coefficient (Wildman–Crippen LogP) is 2.29. The van der Waals surface area contributed by atoms with Gasteiger partial charge in [0.15, 0.2) is 0 Å². The first kappa shape index (κ1) is 10.3. The molecule has 76 valence electrons. The number of hydrogen-bond donors (Lipinski definition) is 1. The number of nitrogens with zero attached hydrogens (tertiary/aromatic N) is 2. The minimum Gasteiger partial charge on any atom is -0.318 e. The Morgan fingerprint density at radius 1 is 1.13 bits per heavy atom. The van der Waals surface area contributed by atoms with Crippen LogP contribution in [0.25, 0.3) is 0 Å². The summed E-state index contributed by atoms with van der Waals surface area (Å²) in [5.74, 6) is 0.635. The zero-order chi connectivity index (χ0) is 10.7. The van der Waals surface area contributed by atoms with Gasteiger partial charge in [0.25, 0.3) is 0 Å². The fourth-order valence-electron chi connectivity index (χ4n) is 1.32. The van der Waals surface area contributed by atoms with Crippen LogP contribution in [0.3, 0.4) is 0 Å². The van der Waals surface area contributed by atoms with Crippen molar-refractivity contribution in [3.05, 3.63) is 58.6 Å². The summed E-state index contributed by atoms with van der Waals surface area (Å²) < 4.78 is 1.01. The van der Waals surface area contributed by atoms with E-state index in [1.54, 1.807) is 18.5 Å². The van der Waals surface area contributed by atoms with Gasteiger partial charge in [-0.2, -0.15) is 0 Å². The molecule has 0 bridgehead atoms. The largest absolute Gasteiger partial charge is 0.318 e. The Labute approximate surface area is 96.5 Å². The molecule has 0 aliphatic rings. The molecule has 0 saturated carbocycles. The highest BCUT2D eigenvalue weighted by Gasteiger charge is 2.10. The first-order valence-electron chi connectivity index (χ1n) is 4.55. The van der Waals surface area contributed by atoms with Crippen LogP contribution in [0.15, 0.2) is 47.2 Å². The molecule has 0 amide bonds. The van der Waals surface area contributed by atoms with E-state index in [9.17, 15) is 0 Å². The number of aromatic nitrogens is 2. The van der Waals surface area contributed by atoms with Crippen molar-refractivity contribution in [3.63, 3.8) is 0 Å². The Morgan fingerprint density at radius 3 is 2.53 bits per heavy atom. The first-order chi connectivity index (χ1) is 7.27. The van der Waals surface area contributed by atoms with Crippen LogP contribution in [0, 0.1) is 0 Å². The van der Waals surface area contributed by atoms with Gasteiger partial charge < -0.3 is 5.73 Å². The van der Waals surface area contributed by atoms with Gasteiger partial charge in [-0.3, -0.25) is 0 Å². The number of benzene rings is 1. The van der Waals surface area contributed by atoms with Gasteiger partial charge in [-0.1, -0.05) is 28.1 Å². The second kappa shape index (κ2) is 4.51. The minimum absolute atomic E-state index is 0.274. The van der Waals surface area contributed by atoms with Gasteiger partial charge in [0.05, 0.1) is 6.04 Å². The second-order valence-corrected chi connectivity index (χ2v) is 4.06. The Hall–Kier alpha value is -1.26. The lowest BCUT2D eigenvalue weighted by Gasteiger charge is -2.10. The average molecular weight is 264 g/mol. The van der Waals surface area contributed by atoms with Gasteiger partial charge in [0, 0.05) is 16.9 Å². The molecular formula is C11H10BrN3. The summed E-state index contributed by atoms with van der Waals surface area (Å²) in [4.78, 5) is 8.27. The van der Waals surface area contributed by atoms with Crippen molar-refractivity contribution in [2.24, 2.45) is 5.73 Å². The summed E-state index contributed by atoms with van der Waals surface area (Å²) in [5.41, 5.74) is 7.04. The molecule has 1 aromatic carbocycles. The highest BCUT2D eigenvalue weighted by Crippen LogP contribution is 2.19. The van der Waals surface area contributed by atoms with Crippen molar-refractivity contribution < 1.29 is 0 Å². The molecule has 1 heterocycles. The summed E-state index contributed by atoms with van der Waals surface area (Å²) in [7, 11) is 0. The number of nitrogens with two attached hydrogens (primary N) is 1. The fourth-order valence-corrected chi connectivity index (χ4v) is 1.74. The van der Waals surface area contributed by atoms with Crippen molar-refractivity contribution >= 4 is 15.9 Å². The molecule has 0 aliphatic heterocycles. The smallest absolute Gasteiger partial charge is 0.149 e. The molecule has 2 N–H and O–H groups in total. The van der Waals surface area contributed by atoms with Crippen LogP contribution < -0.4 is 5.73 Å².